The molecule has 2 aromatic rings. The maximum Gasteiger partial charge on any atom is 0.270 e. The molecule has 7 heteroatoms. The number of pyridine rings is 1. The van der Waals surface area contributed by atoms with Crippen molar-refractivity contribution in [1.29, 1.82) is 0 Å². The average Bonchev–Trinajstić information content (AvgIpc) is 3.15. The minimum Gasteiger partial charge on any atom is -0.475 e. The van der Waals surface area contributed by atoms with Crippen LogP contribution in [0, 0.1) is 0 Å². The van der Waals surface area contributed by atoms with Gasteiger partial charge in [-0.2, -0.15) is 0 Å². The molecule has 3 heterocycles. The third-order valence-corrected chi connectivity index (χ3v) is 3.95. The van der Waals surface area contributed by atoms with Crippen LogP contribution >= 0.6 is 0 Å². The lowest BCUT2D eigenvalue weighted by Crippen LogP contribution is -2.26. The zero-order valence-corrected chi connectivity index (χ0v) is 14.6. The summed E-state index contributed by atoms with van der Waals surface area (Å²) in [7, 11) is 0. The van der Waals surface area contributed by atoms with E-state index >= 15 is 0 Å². The second-order valence-corrected chi connectivity index (χ2v) is 6.27. The number of nitrogens with zero attached hydrogens (tertiary/aromatic N) is 4. The van der Waals surface area contributed by atoms with Gasteiger partial charge in [0.2, 0.25) is 5.88 Å². The van der Waals surface area contributed by atoms with E-state index in [9.17, 15) is 4.79 Å². The minimum atomic E-state index is -0.234. The monoisotopic (exact) mass is 341 g/mol. The number of carbonyl (C=O) groups excluding carboxylic acids is 1. The van der Waals surface area contributed by atoms with Crippen molar-refractivity contribution in [3.05, 3.63) is 42.0 Å². The van der Waals surface area contributed by atoms with Crippen LogP contribution in [-0.4, -0.2) is 40.1 Å². The van der Waals surface area contributed by atoms with Gasteiger partial charge in [0.25, 0.3) is 5.91 Å². The molecule has 0 unspecified atom stereocenters. The smallest absolute Gasteiger partial charge is 0.270 e. The largest absolute Gasteiger partial charge is 0.475 e. The van der Waals surface area contributed by atoms with E-state index in [4.69, 9.17) is 4.74 Å². The summed E-state index contributed by atoms with van der Waals surface area (Å²) in [6.07, 6.45) is 5.46. The van der Waals surface area contributed by atoms with Gasteiger partial charge in [-0.15, -0.1) is 0 Å². The van der Waals surface area contributed by atoms with E-state index in [1.807, 2.05) is 26.0 Å². The lowest BCUT2D eigenvalue weighted by atomic mass is 10.2. The number of amides is 1. The molecule has 3 rings (SSSR count). The van der Waals surface area contributed by atoms with Gasteiger partial charge in [-0.05, 0) is 32.8 Å². The molecule has 0 bridgehead atoms. The van der Waals surface area contributed by atoms with Gasteiger partial charge in [0.1, 0.15) is 17.8 Å². The summed E-state index contributed by atoms with van der Waals surface area (Å²) >= 11 is 0. The van der Waals surface area contributed by atoms with Crippen molar-refractivity contribution in [1.82, 2.24) is 20.3 Å². The molecule has 0 radical (unpaired) electrons. The van der Waals surface area contributed by atoms with Gasteiger partial charge >= 0.3 is 0 Å². The predicted molar refractivity (Wildman–Crippen MR) is 94.7 cm³/mol. The topological polar surface area (TPSA) is 80.2 Å². The van der Waals surface area contributed by atoms with E-state index in [0.29, 0.717) is 18.1 Å². The van der Waals surface area contributed by atoms with Gasteiger partial charge < -0.3 is 15.0 Å². The Bertz CT molecular complexity index is 729. The van der Waals surface area contributed by atoms with Crippen LogP contribution in [0.4, 0.5) is 5.82 Å². The van der Waals surface area contributed by atoms with Crippen molar-refractivity contribution >= 4 is 11.7 Å². The SMILES string of the molecule is CC(C)Oc1ncccc1CNC(=O)c1cc(N2CCCC2)ncn1. The standard InChI is InChI=1S/C18H23N5O2/c1-13(2)25-18-14(6-5-7-19-18)11-20-17(24)15-10-16(22-12-21-15)23-8-3-4-9-23/h5-7,10,12-13H,3-4,8-9,11H2,1-2H3,(H,20,24). The van der Waals surface area contributed by atoms with Crippen molar-refractivity contribution in [3.8, 4) is 5.88 Å². The molecule has 0 atom stereocenters. The van der Waals surface area contributed by atoms with E-state index in [-0.39, 0.29) is 12.0 Å². The van der Waals surface area contributed by atoms with Gasteiger partial charge in [0.05, 0.1) is 6.10 Å². The van der Waals surface area contributed by atoms with Crippen LogP contribution in [0.25, 0.3) is 0 Å². The molecular formula is C18H23N5O2. The first-order valence-electron chi connectivity index (χ1n) is 8.59. The van der Waals surface area contributed by atoms with E-state index in [2.05, 4.69) is 25.2 Å². The van der Waals surface area contributed by atoms with Crippen molar-refractivity contribution < 1.29 is 9.53 Å². The molecule has 132 valence electrons. The summed E-state index contributed by atoms with van der Waals surface area (Å²) in [6.45, 7) is 6.17. The summed E-state index contributed by atoms with van der Waals surface area (Å²) in [4.78, 5) is 27.2. The van der Waals surface area contributed by atoms with Crippen LogP contribution in [0.15, 0.2) is 30.7 Å². The van der Waals surface area contributed by atoms with Crippen LogP contribution in [0.1, 0.15) is 42.7 Å². The van der Waals surface area contributed by atoms with Crippen molar-refractivity contribution in [2.24, 2.45) is 0 Å². The number of rotatable bonds is 6. The third kappa shape index (κ3) is 4.43. The van der Waals surface area contributed by atoms with Gasteiger partial charge in [0, 0.05) is 37.5 Å². The molecule has 0 aromatic carbocycles. The van der Waals surface area contributed by atoms with Crippen LogP contribution < -0.4 is 15.0 Å². The third-order valence-electron chi connectivity index (χ3n) is 3.95. The Morgan fingerprint density at radius 2 is 2.08 bits per heavy atom. The summed E-state index contributed by atoms with van der Waals surface area (Å²) in [5.74, 6) is 1.11. The highest BCUT2D eigenvalue weighted by atomic mass is 16.5. The Kier molecular flexibility index (Phi) is 5.42. The Hall–Kier alpha value is -2.70. The van der Waals surface area contributed by atoms with E-state index in [1.54, 1.807) is 12.3 Å². The lowest BCUT2D eigenvalue weighted by molar-refractivity contribution is 0.0945. The second kappa shape index (κ2) is 7.92. The van der Waals surface area contributed by atoms with Crippen molar-refractivity contribution in [2.75, 3.05) is 18.0 Å². The van der Waals surface area contributed by atoms with Crippen molar-refractivity contribution in [2.45, 2.75) is 39.3 Å². The fraction of sp³-hybridized carbons (Fsp3) is 0.444. The Balaban J connectivity index is 1.66. The summed E-state index contributed by atoms with van der Waals surface area (Å²) in [5.41, 5.74) is 1.20. The fourth-order valence-corrected chi connectivity index (χ4v) is 2.74. The molecule has 1 saturated heterocycles. The number of ether oxygens (including phenoxy) is 1. The Labute approximate surface area is 147 Å². The predicted octanol–water partition coefficient (Wildman–Crippen LogP) is 2.19. The van der Waals surface area contributed by atoms with Gasteiger partial charge in [-0.1, -0.05) is 6.07 Å². The number of carbonyl (C=O) groups is 1. The summed E-state index contributed by atoms with van der Waals surface area (Å²) in [5, 5.41) is 2.88. The average molecular weight is 341 g/mol. The molecule has 1 aliphatic rings. The highest BCUT2D eigenvalue weighted by molar-refractivity contribution is 5.92. The molecule has 7 nitrogen and oxygen atoms in total. The fourth-order valence-electron chi connectivity index (χ4n) is 2.74. The molecule has 1 aliphatic heterocycles. The van der Waals surface area contributed by atoms with E-state index in [1.165, 1.54) is 6.33 Å². The molecule has 1 amide bonds. The highest BCUT2D eigenvalue weighted by Gasteiger charge is 2.16. The molecule has 0 spiro atoms. The summed E-state index contributed by atoms with van der Waals surface area (Å²) < 4.78 is 5.68. The molecule has 25 heavy (non-hydrogen) atoms. The van der Waals surface area contributed by atoms with Crippen LogP contribution in [-0.2, 0) is 6.54 Å². The lowest BCUT2D eigenvalue weighted by Gasteiger charge is -2.16. The molecular weight excluding hydrogens is 318 g/mol. The maximum atomic E-state index is 12.4. The number of anilines is 1. The maximum absolute atomic E-state index is 12.4. The van der Waals surface area contributed by atoms with Crippen LogP contribution in [0.5, 0.6) is 5.88 Å². The number of hydrogen-bond acceptors (Lipinski definition) is 6. The molecule has 1 fully saturated rings. The molecule has 2 aromatic heterocycles. The first-order valence-corrected chi connectivity index (χ1v) is 8.59. The van der Waals surface area contributed by atoms with E-state index in [0.717, 1.165) is 37.3 Å². The van der Waals surface area contributed by atoms with Gasteiger partial charge in [-0.25, -0.2) is 15.0 Å². The quantitative estimate of drug-likeness (QED) is 0.867. The van der Waals surface area contributed by atoms with Crippen LogP contribution in [0.2, 0.25) is 0 Å². The first-order chi connectivity index (χ1) is 12.1. The van der Waals surface area contributed by atoms with Gasteiger partial charge in [-0.3, -0.25) is 4.79 Å². The molecule has 0 aliphatic carbocycles. The molecule has 1 N–H and O–H groups in total. The zero-order chi connectivity index (χ0) is 17.6. The number of nitrogens with one attached hydrogen (secondary N) is 1. The summed E-state index contributed by atoms with van der Waals surface area (Å²) in [6, 6.07) is 5.46. The minimum absolute atomic E-state index is 0.0224. The van der Waals surface area contributed by atoms with Gasteiger partial charge in [0.15, 0.2) is 0 Å². The highest BCUT2D eigenvalue weighted by Crippen LogP contribution is 2.18. The van der Waals surface area contributed by atoms with E-state index < -0.39 is 0 Å². The zero-order valence-electron chi connectivity index (χ0n) is 14.6. The first kappa shape index (κ1) is 17.1. The Morgan fingerprint density at radius 1 is 1.28 bits per heavy atom. The van der Waals surface area contributed by atoms with Crippen molar-refractivity contribution in [3.63, 3.8) is 0 Å². The second-order valence-electron chi connectivity index (χ2n) is 6.27. The number of hydrogen-bond donors (Lipinski definition) is 1. The molecule has 0 saturated carbocycles. The van der Waals surface area contributed by atoms with Crippen LogP contribution in [0.3, 0.4) is 0 Å². The Morgan fingerprint density at radius 3 is 2.84 bits per heavy atom. The number of aromatic nitrogens is 3. The normalized spacial score (nSPS) is 14.0.